The third-order valence-electron chi connectivity index (χ3n) is 5.13. The number of benzene rings is 3. The van der Waals surface area contributed by atoms with Gasteiger partial charge in [0.05, 0.1) is 11.4 Å². The van der Waals surface area contributed by atoms with Crippen LogP contribution < -0.4 is 0 Å². The van der Waals surface area contributed by atoms with E-state index in [1.165, 1.54) is 33.4 Å². The molecule has 0 aliphatic rings. The molecule has 142 valence electrons. The lowest BCUT2D eigenvalue weighted by Crippen LogP contribution is -1.87. The monoisotopic (exact) mass is 375 g/mol. The fourth-order valence-corrected chi connectivity index (χ4v) is 3.83. The molecule has 0 spiro atoms. The first-order valence-corrected chi connectivity index (χ1v) is 10.0. The van der Waals surface area contributed by atoms with Gasteiger partial charge in [-0.2, -0.15) is 0 Å². The molecule has 0 bridgehead atoms. The van der Waals surface area contributed by atoms with Gasteiger partial charge >= 0.3 is 0 Å². The van der Waals surface area contributed by atoms with Crippen molar-refractivity contribution in [3.63, 3.8) is 0 Å². The fraction of sp³-hybridized carbons (Fsp3) is 0.0714. The van der Waals surface area contributed by atoms with E-state index in [1.807, 2.05) is 0 Å². The van der Waals surface area contributed by atoms with Crippen LogP contribution in [0.15, 0.2) is 109 Å². The molecule has 0 amide bonds. The third-order valence-corrected chi connectivity index (χ3v) is 5.13. The Hall–Kier alpha value is -3.58. The summed E-state index contributed by atoms with van der Waals surface area (Å²) in [6.07, 6.45) is 6.43. The van der Waals surface area contributed by atoms with E-state index < -0.39 is 0 Å². The Labute approximate surface area is 173 Å². The molecule has 0 atom stereocenters. The van der Waals surface area contributed by atoms with E-state index in [0.717, 1.165) is 11.4 Å². The smallest absolute Gasteiger partial charge is 0.0544 e. The summed E-state index contributed by atoms with van der Waals surface area (Å²) in [6.45, 7) is 4.15. The lowest BCUT2D eigenvalue weighted by Gasteiger charge is -2.10. The molecule has 1 N–H and O–H groups in total. The Bertz CT molecular complexity index is 1130. The van der Waals surface area contributed by atoms with Crippen LogP contribution >= 0.6 is 0 Å². The van der Waals surface area contributed by atoms with Crippen LogP contribution in [0.5, 0.6) is 0 Å². The van der Waals surface area contributed by atoms with Crippen LogP contribution in [-0.4, -0.2) is 4.98 Å². The fourth-order valence-electron chi connectivity index (χ4n) is 3.83. The molecule has 4 rings (SSSR count). The highest BCUT2D eigenvalue weighted by atomic mass is 14.7. The number of H-pyrrole nitrogens is 1. The van der Waals surface area contributed by atoms with Crippen LogP contribution in [0.4, 0.5) is 0 Å². The van der Waals surface area contributed by atoms with Crippen molar-refractivity contribution in [1.29, 1.82) is 0 Å². The normalized spacial score (nSPS) is 11.9. The van der Waals surface area contributed by atoms with Gasteiger partial charge < -0.3 is 4.98 Å². The summed E-state index contributed by atoms with van der Waals surface area (Å²) in [5.41, 5.74) is 9.57. The van der Waals surface area contributed by atoms with Crippen molar-refractivity contribution in [2.45, 2.75) is 13.8 Å². The molecule has 0 saturated carbocycles. The Kier molecular flexibility index (Phi) is 5.58. The first-order valence-electron chi connectivity index (χ1n) is 10.0. The average molecular weight is 376 g/mol. The van der Waals surface area contributed by atoms with Crippen LogP contribution in [0.25, 0.3) is 39.1 Å². The zero-order valence-corrected chi connectivity index (χ0v) is 16.9. The SMILES string of the molecule is C/C=C\C(=C/C)c1[nH]c(-c2ccccc2)c(-c2ccccc2)c1-c1ccccc1. The second-order valence-electron chi connectivity index (χ2n) is 6.97. The van der Waals surface area contributed by atoms with Crippen LogP contribution in [-0.2, 0) is 0 Å². The van der Waals surface area contributed by atoms with Crippen molar-refractivity contribution in [2.75, 3.05) is 0 Å². The summed E-state index contributed by atoms with van der Waals surface area (Å²) >= 11 is 0. The minimum Gasteiger partial charge on any atom is -0.354 e. The third kappa shape index (κ3) is 3.72. The molecular formula is C28H25N. The largest absolute Gasteiger partial charge is 0.354 e. The second-order valence-corrected chi connectivity index (χ2v) is 6.97. The average Bonchev–Trinajstić information content (AvgIpc) is 3.19. The first kappa shape index (κ1) is 18.8. The van der Waals surface area contributed by atoms with E-state index in [-0.39, 0.29) is 0 Å². The predicted molar refractivity (Wildman–Crippen MR) is 126 cm³/mol. The van der Waals surface area contributed by atoms with E-state index in [2.05, 4.69) is 128 Å². The second kappa shape index (κ2) is 8.62. The number of nitrogens with one attached hydrogen (secondary N) is 1. The molecule has 0 fully saturated rings. The molecule has 0 saturated heterocycles. The Morgan fingerprint density at radius 2 is 1.10 bits per heavy atom. The Morgan fingerprint density at radius 3 is 1.59 bits per heavy atom. The molecule has 1 heterocycles. The number of rotatable bonds is 5. The van der Waals surface area contributed by atoms with Crippen LogP contribution in [0.2, 0.25) is 0 Å². The van der Waals surface area contributed by atoms with Gasteiger partial charge in [-0.1, -0.05) is 109 Å². The van der Waals surface area contributed by atoms with Crippen molar-refractivity contribution in [2.24, 2.45) is 0 Å². The minimum atomic E-state index is 1.15. The maximum Gasteiger partial charge on any atom is 0.0544 e. The summed E-state index contributed by atoms with van der Waals surface area (Å²) in [5.74, 6) is 0. The Morgan fingerprint density at radius 1 is 0.621 bits per heavy atom. The van der Waals surface area contributed by atoms with Gasteiger partial charge in [-0.3, -0.25) is 0 Å². The van der Waals surface area contributed by atoms with Gasteiger partial charge in [0.25, 0.3) is 0 Å². The van der Waals surface area contributed by atoms with Crippen molar-refractivity contribution < 1.29 is 0 Å². The molecule has 1 aromatic heterocycles. The number of aromatic nitrogens is 1. The molecule has 1 nitrogen and oxygen atoms in total. The van der Waals surface area contributed by atoms with Gasteiger partial charge in [0.2, 0.25) is 0 Å². The van der Waals surface area contributed by atoms with Gasteiger partial charge in [0, 0.05) is 11.1 Å². The summed E-state index contributed by atoms with van der Waals surface area (Å²) in [5, 5.41) is 0. The highest BCUT2D eigenvalue weighted by Gasteiger charge is 2.22. The van der Waals surface area contributed by atoms with Gasteiger partial charge in [0.1, 0.15) is 0 Å². The van der Waals surface area contributed by atoms with Crippen LogP contribution in [0.3, 0.4) is 0 Å². The molecule has 0 aliphatic carbocycles. The predicted octanol–water partition coefficient (Wildman–Crippen LogP) is 8.00. The molecule has 0 unspecified atom stereocenters. The zero-order chi connectivity index (χ0) is 20.1. The molecule has 3 aromatic carbocycles. The van der Waals surface area contributed by atoms with Crippen molar-refractivity contribution in [1.82, 2.24) is 4.98 Å². The highest BCUT2D eigenvalue weighted by molar-refractivity contribution is 6.00. The van der Waals surface area contributed by atoms with Gasteiger partial charge in [-0.25, -0.2) is 0 Å². The van der Waals surface area contributed by atoms with E-state index in [1.54, 1.807) is 0 Å². The summed E-state index contributed by atoms with van der Waals surface area (Å²) in [6, 6.07) is 31.9. The number of hydrogen-bond acceptors (Lipinski definition) is 0. The molecule has 0 aliphatic heterocycles. The maximum atomic E-state index is 3.78. The van der Waals surface area contributed by atoms with Crippen molar-refractivity contribution in [3.05, 3.63) is 115 Å². The van der Waals surface area contributed by atoms with Gasteiger partial charge in [-0.15, -0.1) is 0 Å². The topological polar surface area (TPSA) is 15.8 Å². The van der Waals surface area contributed by atoms with Crippen LogP contribution in [0, 0.1) is 0 Å². The molecule has 4 aromatic rings. The molecule has 0 radical (unpaired) electrons. The van der Waals surface area contributed by atoms with Gasteiger partial charge in [0.15, 0.2) is 0 Å². The first-order chi connectivity index (χ1) is 14.3. The minimum absolute atomic E-state index is 1.15. The van der Waals surface area contributed by atoms with E-state index >= 15 is 0 Å². The highest BCUT2D eigenvalue weighted by Crippen LogP contribution is 2.44. The van der Waals surface area contributed by atoms with Gasteiger partial charge in [-0.05, 0) is 36.1 Å². The van der Waals surface area contributed by atoms with Crippen molar-refractivity contribution in [3.8, 4) is 33.5 Å². The quantitative estimate of drug-likeness (QED) is 0.340. The lowest BCUT2D eigenvalue weighted by atomic mass is 9.91. The number of hydrogen-bond donors (Lipinski definition) is 1. The van der Waals surface area contributed by atoms with E-state index in [4.69, 9.17) is 0 Å². The molecule has 29 heavy (non-hydrogen) atoms. The summed E-state index contributed by atoms with van der Waals surface area (Å²) < 4.78 is 0. The lowest BCUT2D eigenvalue weighted by molar-refractivity contribution is 1.35. The Balaban J connectivity index is 2.11. The van der Waals surface area contributed by atoms with E-state index in [9.17, 15) is 0 Å². The number of allylic oxidation sites excluding steroid dienone is 4. The summed E-state index contributed by atoms with van der Waals surface area (Å²) in [7, 11) is 0. The van der Waals surface area contributed by atoms with Crippen molar-refractivity contribution >= 4 is 5.57 Å². The molecule has 1 heteroatoms. The zero-order valence-electron chi connectivity index (χ0n) is 16.9. The molecular weight excluding hydrogens is 350 g/mol. The maximum absolute atomic E-state index is 3.78. The van der Waals surface area contributed by atoms with E-state index in [0.29, 0.717) is 0 Å². The summed E-state index contributed by atoms with van der Waals surface area (Å²) in [4.78, 5) is 3.78. The number of aromatic amines is 1. The standard InChI is InChI=1S/C28H25N/c1-3-14-21(4-2)27-25(22-15-8-5-9-16-22)26(23-17-10-6-11-18-23)28(29-27)24-19-12-7-13-20-24/h3-20,29H,1-2H3/b14-3-,21-4+. The van der Waals surface area contributed by atoms with Crippen LogP contribution in [0.1, 0.15) is 19.5 Å².